The van der Waals surface area contributed by atoms with Crippen LogP contribution in [0.15, 0.2) is 6.07 Å². The Bertz CT molecular complexity index is 599. The van der Waals surface area contributed by atoms with Crippen LogP contribution >= 0.6 is 0 Å². The summed E-state index contributed by atoms with van der Waals surface area (Å²) in [6.07, 6.45) is 0. The summed E-state index contributed by atoms with van der Waals surface area (Å²) in [6, 6.07) is 4.17. The molecule has 1 N–H and O–H groups in total. The summed E-state index contributed by atoms with van der Waals surface area (Å²) in [4.78, 5) is 9.03. The molecule has 132 valence electrons. The van der Waals surface area contributed by atoms with E-state index in [1.165, 1.54) is 0 Å². The van der Waals surface area contributed by atoms with E-state index >= 15 is 0 Å². The molecule has 1 aliphatic heterocycles. The number of likely N-dealkylation sites (N-methyl/N-ethyl adjacent to an activating group) is 1. The van der Waals surface area contributed by atoms with E-state index < -0.39 is 0 Å². The zero-order chi connectivity index (χ0) is 17.7. The third kappa shape index (κ3) is 4.23. The fourth-order valence-corrected chi connectivity index (χ4v) is 3.28. The molecular weight excluding hydrogens is 304 g/mol. The number of hydrogen-bond acceptors (Lipinski definition) is 6. The molecule has 0 radical (unpaired) electrons. The van der Waals surface area contributed by atoms with Gasteiger partial charge in [0.05, 0.1) is 12.2 Å². The van der Waals surface area contributed by atoms with Gasteiger partial charge in [-0.3, -0.25) is 0 Å². The Kier molecular flexibility index (Phi) is 6.55. The molecule has 0 unspecified atom stereocenters. The highest BCUT2D eigenvalue weighted by Crippen LogP contribution is 2.30. The SMILES string of the molecule is COCCN(C)C[C@@H]1CN(c2nc(C)c(C)cc2C#N)C[C@@H]1CO. The van der Waals surface area contributed by atoms with Gasteiger partial charge >= 0.3 is 0 Å². The molecule has 6 nitrogen and oxygen atoms in total. The van der Waals surface area contributed by atoms with Crippen LogP contribution in [0.4, 0.5) is 5.82 Å². The predicted molar refractivity (Wildman–Crippen MR) is 94.1 cm³/mol. The van der Waals surface area contributed by atoms with Gasteiger partial charge in [-0.15, -0.1) is 0 Å². The molecule has 1 fully saturated rings. The second-order valence-electron chi connectivity index (χ2n) is 6.74. The van der Waals surface area contributed by atoms with E-state index in [-0.39, 0.29) is 12.5 Å². The zero-order valence-corrected chi connectivity index (χ0v) is 15.1. The van der Waals surface area contributed by atoms with E-state index in [9.17, 15) is 10.4 Å². The number of rotatable bonds is 7. The lowest BCUT2D eigenvalue weighted by molar-refractivity contribution is 0.136. The van der Waals surface area contributed by atoms with Crippen molar-refractivity contribution in [2.24, 2.45) is 11.8 Å². The zero-order valence-electron chi connectivity index (χ0n) is 15.1. The number of ether oxygens (including phenoxy) is 1. The maximum Gasteiger partial charge on any atom is 0.146 e. The number of hydrogen-bond donors (Lipinski definition) is 1. The molecule has 1 aromatic rings. The highest BCUT2D eigenvalue weighted by Gasteiger charge is 2.34. The molecule has 0 saturated carbocycles. The molecule has 0 amide bonds. The average molecular weight is 332 g/mol. The maximum atomic E-state index is 9.76. The number of aliphatic hydroxyl groups is 1. The first-order valence-corrected chi connectivity index (χ1v) is 8.41. The number of nitriles is 1. The molecule has 24 heavy (non-hydrogen) atoms. The lowest BCUT2D eigenvalue weighted by Gasteiger charge is -2.23. The Morgan fingerprint density at radius 1 is 1.42 bits per heavy atom. The highest BCUT2D eigenvalue weighted by molar-refractivity contribution is 5.56. The minimum absolute atomic E-state index is 0.159. The van der Waals surface area contributed by atoms with E-state index in [2.05, 4.69) is 27.9 Å². The smallest absolute Gasteiger partial charge is 0.146 e. The predicted octanol–water partition coefficient (Wildman–Crippen LogP) is 1.19. The molecule has 0 aliphatic carbocycles. The number of aryl methyl sites for hydroxylation is 2. The number of methoxy groups -OCH3 is 1. The van der Waals surface area contributed by atoms with Crippen molar-refractivity contribution in [1.82, 2.24) is 9.88 Å². The van der Waals surface area contributed by atoms with Crippen LogP contribution in [0.5, 0.6) is 0 Å². The summed E-state index contributed by atoms with van der Waals surface area (Å²) in [6.45, 7) is 8.13. The minimum Gasteiger partial charge on any atom is -0.396 e. The summed E-state index contributed by atoms with van der Waals surface area (Å²) in [7, 11) is 3.78. The number of anilines is 1. The third-order valence-corrected chi connectivity index (χ3v) is 4.90. The van der Waals surface area contributed by atoms with Crippen LogP contribution in [0.2, 0.25) is 0 Å². The van der Waals surface area contributed by atoms with Crippen molar-refractivity contribution in [1.29, 1.82) is 5.26 Å². The summed E-state index contributed by atoms with van der Waals surface area (Å²) >= 11 is 0. The summed E-state index contributed by atoms with van der Waals surface area (Å²) < 4.78 is 5.13. The van der Waals surface area contributed by atoms with Gasteiger partial charge in [-0.2, -0.15) is 5.26 Å². The lowest BCUT2D eigenvalue weighted by Crippen LogP contribution is -2.33. The Morgan fingerprint density at radius 3 is 2.75 bits per heavy atom. The molecule has 2 atom stereocenters. The van der Waals surface area contributed by atoms with Gasteiger partial charge in [-0.1, -0.05) is 0 Å². The Hall–Kier alpha value is -1.68. The van der Waals surface area contributed by atoms with Crippen molar-refractivity contribution in [2.45, 2.75) is 13.8 Å². The van der Waals surface area contributed by atoms with Crippen LogP contribution in [-0.2, 0) is 4.74 Å². The van der Waals surface area contributed by atoms with Crippen LogP contribution in [0.3, 0.4) is 0 Å². The standard InChI is InChI=1S/C18H28N4O2/c1-13-7-15(8-19)18(20-14(13)2)22-10-16(17(11-22)12-23)9-21(3)5-6-24-4/h7,16-17,23H,5-6,9-12H2,1-4H3/t16-,17-/m1/s1. The molecule has 0 spiro atoms. The lowest BCUT2D eigenvalue weighted by atomic mass is 9.96. The van der Waals surface area contributed by atoms with Crippen LogP contribution in [0.25, 0.3) is 0 Å². The van der Waals surface area contributed by atoms with E-state index in [1.54, 1.807) is 7.11 Å². The second kappa shape index (κ2) is 8.43. The quantitative estimate of drug-likeness (QED) is 0.809. The molecule has 6 heteroatoms. The van der Waals surface area contributed by atoms with Crippen molar-refractivity contribution >= 4 is 5.82 Å². The normalized spacial score (nSPS) is 20.6. The van der Waals surface area contributed by atoms with Crippen molar-refractivity contribution in [3.63, 3.8) is 0 Å². The van der Waals surface area contributed by atoms with Gasteiger partial charge in [-0.25, -0.2) is 4.98 Å². The number of aromatic nitrogens is 1. The maximum absolute atomic E-state index is 9.76. The Balaban J connectivity index is 2.14. The molecule has 1 aliphatic rings. The van der Waals surface area contributed by atoms with Gasteiger partial charge in [0.15, 0.2) is 0 Å². The first kappa shape index (κ1) is 18.7. The molecule has 1 saturated heterocycles. The van der Waals surface area contributed by atoms with Crippen LogP contribution in [0, 0.1) is 37.0 Å². The molecule has 2 rings (SSSR count). The van der Waals surface area contributed by atoms with Crippen LogP contribution in [0.1, 0.15) is 16.8 Å². The van der Waals surface area contributed by atoms with E-state index in [4.69, 9.17) is 4.74 Å². The van der Waals surface area contributed by atoms with Crippen molar-refractivity contribution in [2.75, 3.05) is 58.5 Å². The summed E-state index contributed by atoms with van der Waals surface area (Å²) in [5, 5.41) is 19.2. The molecule has 2 heterocycles. The molecule has 1 aromatic heterocycles. The first-order valence-electron chi connectivity index (χ1n) is 8.41. The minimum atomic E-state index is 0.159. The third-order valence-electron chi connectivity index (χ3n) is 4.90. The summed E-state index contributed by atoms with van der Waals surface area (Å²) in [5.74, 6) is 1.30. The molecule has 0 aromatic carbocycles. The van der Waals surface area contributed by atoms with Gasteiger partial charge < -0.3 is 19.6 Å². The fraction of sp³-hybridized carbons (Fsp3) is 0.667. The molecule has 0 bridgehead atoms. The van der Waals surface area contributed by atoms with Gasteiger partial charge in [0.1, 0.15) is 11.9 Å². The van der Waals surface area contributed by atoms with Gasteiger partial charge in [0.25, 0.3) is 0 Å². The molecular formula is C18H28N4O2. The number of pyridine rings is 1. The van der Waals surface area contributed by atoms with Crippen molar-refractivity contribution in [3.05, 3.63) is 22.9 Å². The van der Waals surface area contributed by atoms with Gasteiger partial charge in [-0.05, 0) is 38.4 Å². The van der Waals surface area contributed by atoms with Crippen molar-refractivity contribution < 1.29 is 9.84 Å². The highest BCUT2D eigenvalue weighted by atomic mass is 16.5. The van der Waals surface area contributed by atoms with Crippen molar-refractivity contribution in [3.8, 4) is 6.07 Å². The van der Waals surface area contributed by atoms with E-state index in [1.807, 2.05) is 19.9 Å². The second-order valence-corrected chi connectivity index (χ2v) is 6.74. The average Bonchev–Trinajstić information content (AvgIpc) is 2.97. The van der Waals surface area contributed by atoms with E-state index in [0.29, 0.717) is 18.1 Å². The van der Waals surface area contributed by atoms with Gasteiger partial charge in [0.2, 0.25) is 0 Å². The van der Waals surface area contributed by atoms with E-state index in [0.717, 1.165) is 43.3 Å². The largest absolute Gasteiger partial charge is 0.396 e. The van der Waals surface area contributed by atoms with Crippen LogP contribution in [-0.4, -0.2) is 68.5 Å². The first-order chi connectivity index (χ1) is 11.5. The van der Waals surface area contributed by atoms with Crippen LogP contribution < -0.4 is 4.90 Å². The summed E-state index contributed by atoms with van der Waals surface area (Å²) in [5.41, 5.74) is 2.59. The number of aliphatic hydroxyl groups excluding tert-OH is 1. The topological polar surface area (TPSA) is 72.6 Å². The monoisotopic (exact) mass is 332 g/mol. The Morgan fingerprint density at radius 2 is 2.12 bits per heavy atom. The van der Waals surface area contributed by atoms with Gasteiger partial charge in [0, 0.05) is 51.5 Å². The number of nitrogens with zero attached hydrogens (tertiary/aromatic N) is 4. The fourth-order valence-electron chi connectivity index (χ4n) is 3.28. The Labute approximate surface area is 144 Å².